The topological polar surface area (TPSA) is 77.4 Å². The molecule has 1 aliphatic heterocycles. The van der Waals surface area contributed by atoms with Crippen molar-refractivity contribution < 1.29 is 19.5 Å². The van der Waals surface area contributed by atoms with Crippen molar-refractivity contribution in [2.75, 3.05) is 0 Å². The Morgan fingerprint density at radius 1 is 0.912 bits per heavy atom. The first-order chi connectivity index (χ1) is 16.4. The number of rotatable bonds is 3. The van der Waals surface area contributed by atoms with Gasteiger partial charge in [0.15, 0.2) is 6.20 Å². The standard InChI is InChI=1S/C27H18Cl2N2O3/c28-21-13-12-18(15-22(21)29)24-20(16-30)26(32)34-27(33,19-9-2-1-3-10-19)25(24)31-14-6-8-17-7-4-5-11-23(17)31/h1-15,24-25,33H/p+1/t24-,25-,27+/m0/s1. The van der Waals surface area contributed by atoms with Gasteiger partial charge in [-0.25, -0.2) is 0 Å². The fourth-order valence-electron chi connectivity index (χ4n) is 4.63. The van der Waals surface area contributed by atoms with Crippen molar-refractivity contribution in [3.8, 4) is 6.07 Å². The molecule has 0 bridgehead atoms. The summed E-state index contributed by atoms with van der Waals surface area (Å²) in [6.45, 7) is 0. The second kappa shape index (κ2) is 8.66. The Morgan fingerprint density at radius 2 is 1.62 bits per heavy atom. The van der Waals surface area contributed by atoms with Crippen molar-refractivity contribution in [2.45, 2.75) is 17.7 Å². The van der Waals surface area contributed by atoms with Gasteiger partial charge in [-0.2, -0.15) is 9.83 Å². The number of aliphatic hydroxyl groups is 2. The largest absolute Gasteiger partial charge is 0.480 e. The molecule has 0 aliphatic carbocycles. The summed E-state index contributed by atoms with van der Waals surface area (Å²) in [6, 6.07) is 26.6. The van der Waals surface area contributed by atoms with Crippen molar-refractivity contribution in [1.82, 2.24) is 0 Å². The molecule has 0 saturated heterocycles. The number of hydrogen-bond donors (Lipinski definition) is 2. The van der Waals surface area contributed by atoms with Gasteiger partial charge in [-0.05, 0) is 29.8 Å². The number of aliphatic hydroxyl groups excluding tert-OH is 1. The van der Waals surface area contributed by atoms with Crippen molar-refractivity contribution >= 4 is 34.1 Å². The van der Waals surface area contributed by atoms with Gasteiger partial charge in [0.1, 0.15) is 11.6 Å². The molecular weight excluding hydrogens is 471 g/mol. The van der Waals surface area contributed by atoms with Crippen molar-refractivity contribution in [3.63, 3.8) is 0 Å². The van der Waals surface area contributed by atoms with E-state index in [0.29, 0.717) is 21.2 Å². The maximum Gasteiger partial charge on any atom is 0.301 e. The molecule has 1 aliphatic rings. The molecule has 0 saturated carbocycles. The molecule has 5 rings (SSSR count). The van der Waals surface area contributed by atoms with E-state index < -0.39 is 23.7 Å². The Labute approximate surface area is 206 Å². The van der Waals surface area contributed by atoms with Crippen LogP contribution in [0.1, 0.15) is 23.1 Å². The maximum absolute atomic E-state index is 12.1. The average Bonchev–Trinajstić information content (AvgIpc) is 2.86. The normalized spacial score (nSPS) is 22.3. The number of ether oxygens (including phenoxy) is 1. The monoisotopic (exact) mass is 489 g/mol. The fourth-order valence-corrected chi connectivity index (χ4v) is 4.94. The third-order valence-electron chi connectivity index (χ3n) is 6.16. The highest BCUT2D eigenvalue weighted by Gasteiger charge is 2.58. The third kappa shape index (κ3) is 3.57. The third-order valence-corrected chi connectivity index (χ3v) is 6.90. The second-order valence-corrected chi connectivity index (χ2v) is 8.88. The molecule has 5 nitrogen and oxygen atoms in total. The average molecular weight is 490 g/mol. The summed E-state index contributed by atoms with van der Waals surface area (Å²) in [4.78, 5) is 0. The molecule has 0 unspecified atom stereocenters. The van der Waals surface area contributed by atoms with Crippen molar-refractivity contribution in [1.29, 1.82) is 5.26 Å². The highest BCUT2D eigenvalue weighted by molar-refractivity contribution is 6.42. The first-order valence-electron chi connectivity index (χ1n) is 10.6. The summed E-state index contributed by atoms with van der Waals surface area (Å²) in [5, 5.41) is 34.6. The Hall–Kier alpha value is -3.56. The van der Waals surface area contributed by atoms with Gasteiger partial charge in [0.05, 0.1) is 16.0 Å². The van der Waals surface area contributed by atoms with Crippen LogP contribution in [0.3, 0.4) is 0 Å². The minimum Gasteiger partial charge on any atom is -0.480 e. The number of aromatic nitrogens is 1. The van der Waals surface area contributed by atoms with Crippen molar-refractivity contribution in [2.24, 2.45) is 0 Å². The van der Waals surface area contributed by atoms with Crippen LogP contribution in [0.15, 0.2) is 103 Å². The fraction of sp³-hybridized carbons (Fsp3) is 0.111. The molecule has 0 spiro atoms. The first-order valence-corrected chi connectivity index (χ1v) is 11.3. The van der Waals surface area contributed by atoms with Gasteiger partial charge in [-0.3, -0.25) is 0 Å². The molecule has 0 radical (unpaired) electrons. The highest BCUT2D eigenvalue weighted by Crippen LogP contribution is 2.50. The quantitative estimate of drug-likeness (QED) is 0.349. The zero-order chi connectivity index (χ0) is 23.9. The molecule has 1 aromatic heterocycles. The maximum atomic E-state index is 12.1. The molecule has 2 N–H and O–H groups in total. The SMILES string of the molecule is N#CC1=C(O)O[C@](O)(c2ccccc2)[C@@H]([n+]2cccc3ccccc32)[C@H]1c1ccc(Cl)c(Cl)c1. The molecule has 34 heavy (non-hydrogen) atoms. The van der Waals surface area contributed by atoms with Crippen LogP contribution in [0.4, 0.5) is 0 Å². The lowest BCUT2D eigenvalue weighted by atomic mass is 9.77. The molecule has 4 aromatic rings. The lowest BCUT2D eigenvalue weighted by molar-refractivity contribution is -0.731. The number of nitriles is 1. The number of benzene rings is 3. The van der Waals surface area contributed by atoms with Crippen LogP contribution in [-0.4, -0.2) is 10.2 Å². The van der Waals surface area contributed by atoms with E-state index in [4.69, 9.17) is 27.9 Å². The summed E-state index contributed by atoms with van der Waals surface area (Å²) in [6.07, 6.45) is 1.83. The van der Waals surface area contributed by atoms with Crippen LogP contribution in [0, 0.1) is 11.3 Å². The molecule has 0 fully saturated rings. The molecule has 2 heterocycles. The Morgan fingerprint density at radius 3 is 2.35 bits per heavy atom. The van der Waals surface area contributed by atoms with E-state index in [1.54, 1.807) is 42.5 Å². The summed E-state index contributed by atoms with van der Waals surface area (Å²) in [5.41, 5.74) is 1.82. The van der Waals surface area contributed by atoms with E-state index >= 15 is 0 Å². The Kier molecular flexibility index (Phi) is 5.66. The van der Waals surface area contributed by atoms with Gasteiger partial charge in [0, 0.05) is 23.1 Å². The van der Waals surface area contributed by atoms with Crippen molar-refractivity contribution in [3.05, 3.63) is 124 Å². The van der Waals surface area contributed by atoms with E-state index in [1.807, 2.05) is 53.2 Å². The molecule has 3 atom stereocenters. The van der Waals surface area contributed by atoms with Gasteiger partial charge in [-0.1, -0.05) is 71.7 Å². The number of halogens is 2. The van der Waals surface area contributed by atoms with Gasteiger partial charge in [-0.15, -0.1) is 0 Å². The number of nitrogens with zero attached hydrogens (tertiary/aromatic N) is 2. The Balaban J connectivity index is 1.87. The van der Waals surface area contributed by atoms with Crippen LogP contribution in [0.5, 0.6) is 0 Å². The zero-order valence-corrected chi connectivity index (χ0v) is 19.3. The molecule has 0 amide bonds. The summed E-state index contributed by atoms with van der Waals surface area (Å²) >= 11 is 12.5. The van der Waals surface area contributed by atoms with Gasteiger partial charge in [0.25, 0.3) is 5.95 Å². The number of pyridine rings is 1. The first kappa shape index (κ1) is 22.2. The predicted octanol–water partition coefficient (Wildman–Crippen LogP) is 5.93. The lowest BCUT2D eigenvalue weighted by Crippen LogP contribution is -2.57. The van der Waals surface area contributed by atoms with E-state index in [0.717, 1.165) is 10.9 Å². The van der Waals surface area contributed by atoms with Crippen LogP contribution >= 0.6 is 23.2 Å². The molecule has 7 heteroatoms. The summed E-state index contributed by atoms with van der Waals surface area (Å²) < 4.78 is 7.65. The minimum atomic E-state index is -2.02. The van der Waals surface area contributed by atoms with Crippen LogP contribution in [0.25, 0.3) is 10.9 Å². The number of allylic oxidation sites excluding steroid dienone is 1. The smallest absolute Gasteiger partial charge is 0.301 e. The lowest BCUT2D eigenvalue weighted by Gasteiger charge is -2.40. The number of fused-ring (bicyclic) bond motifs is 1. The zero-order valence-electron chi connectivity index (χ0n) is 17.8. The summed E-state index contributed by atoms with van der Waals surface area (Å²) in [5.74, 6) is -3.46. The van der Waals surface area contributed by atoms with Crippen LogP contribution in [-0.2, 0) is 10.5 Å². The Bertz CT molecular complexity index is 1460. The van der Waals surface area contributed by atoms with E-state index in [-0.39, 0.29) is 5.57 Å². The number of para-hydroxylation sites is 1. The van der Waals surface area contributed by atoms with Gasteiger partial charge >= 0.3 is 5.79 Å². The van der Waals surface area contributed by atoms with Gasteiger partial charge < -0.3 is 14.9 Å². The van der Waals surface area contributed by atoms with Gasteiger partial charge in [0.2, 0.25) is 11.6 Å². The van der Waals surface area contributed by atoms with E-state index in [2.05, 4.69) is 6.07 Å². The molecular formula is C27H19Cl2N2O3+. The highest BCUT2D eigenvalue weighted by atomic mass is 35.5. The number of hydrogen-bond acceptors (Lipinski definition) is 4. The second-order valence-electron chi connectivity index (χ2n) is 8.07. The van der Waals surface area contributed by atoms with Crippen LogP contribution < -0.4 is 4.57 Å². The predicted molar refractivity (Wildman–Crippen MR) is 129 cm³/mol. The van der Waals surface area contributed by atoms with Crippen LogP contribution in [0.2, 0.25) is 10.0 Å². The van der Waals surface area contributed by atoms with E-state index in [9.17, 15) is 15.5 Å². The summed E-state index contributed by atoms with van der Waals surface area (Å²) in [7, 11) is 0. The van der Waals surface area contributed by atoms with E-state index in [1.165, 1.54) is 0 Å². The molecule has 3 aromatic carbocycles. The minimum absolute atomic E-state index is 0.0237. The molecule has 168 valence electrons.